The van der Waals surface area contributed by atoms with Gasteiger partial charge in [0.05, 0.1) is 17.0 Å². The molecular formula is C15H17ClN2O2S. The zero-order chi connectivity index (χ0) is 15.3. The first kappa shape index (κ1) is 15.7. The van der Waals surface area contributed by atoms with E-state index in [0.29, 0.717) is 10.7 Å². The van der Waals surface area contributed by atoms with Gasteiger partial charge >= 0.3 is 0 Å². The normalized spacial score (nSPS) is 11.1. The highest BCUT2D eigenvalue weighted by Crippen LogP contribution is 2.26. The maximum absolute atomic E-state index is 11.2. The summed E-state index contributed by atoms with van der Waals surface area (Å²) < 4.78 is 24.7. The Morgan fingerprint density at radius 1 is 1.10 bits per heavy atom. The van der Waals surface area contributed by atoms with Crippen LogP contribution >= 0.6 is 11.6 Å². The summed E-state index contributed by atoms with van der Waals surface area (Å²) in [7, 11) is -3.32. The fourth-order valence-corrected chi connectivity index (χ4v) is 2.76. The van der Waals surface area contributed by atoms with Crippen LogP contribution in [0.5, 0.6) is 0 Å². The standard InChI is InChI=1S/C15H17ClN2O2S/c1-21(19,20)18-15-8-7-13(11-14(15)16)17-10-9-12-5-3-2-4-6-12/h2-8,11,17-18H,9-10H2,1H3. The van der Waals surface area contributed by atoms with Crippen LogP contribution in [0, 0.1) is 0 Å². The van der Waals surface area contributed by atoms with Gasteiger partial charge in [-0.05, 0) is 30.2 Å². The van der Waals surface area contributed by atoms with Crippen LogP contribution in [0.15, 0.2) is 48.5 Å². The summed E-state index contributed by atoms with van der Waals surface area (Å²) in [6.07, 6.45) is 2.00. The lowest BCUT2D eigenvalue weighted by Crippen LogP contribution is -2.10. The number of benzene rings is 2. The topological polar surface area (TPSA) is 58.2 Å². The van der Waals surface area contributed by atoms with Crippen molar-refractivity contribution in [1.29, 1.82) is 0 Å². The molecule has 2 aromatic rings. The predicted molar refractivity (Wildman–Crippen MR) is 88.6 cm³/mol. The van der Waals surface area contributed by atoms with Gasteiger partial charge in [-0.15, -0.1) is 0 Å². The third-order valence-corrected chi connectivity index (χ3v) is 3.75. The lowest BCUT2D eigenvalue weighted by atomic mass is 10.1. The van der Waals surface area contributed by atoms with Crippen molar-refractivity contribution < 1.29 is 8.42 Å². The second-order valence-corrected chi connectivity index (χ2v) is 6.89. The molecule has 4 nitrogen and oxygen atoms in total. The second kappa shape index (κ2) is 6.83. The van der Waals surface area contributed by atoms with Gasteiger partial charge in [0.15, 0.2) is 0 Å². The van der Waals surface area contributed by atoms with Crippen molar-refractivity contribution in [2.24, 2.45) is 0 Å². The number of hydrogen-bond acceptors (Lipinski definition) is 3. The number of anilines is 2. The minimum Gasteiger partial charge on any atom is -0.385 e. The van der Waals surface area contributed by atoms with E-state index in [1.807, 2.05) is 18.2 Å². The third kappa shape index (κ3) is 5.28. The monoisotopic (exact) mass is 324 g/mol. The van der Waals surface area contributed by atoms with Gasteiger partial charge in [-0.2, -0.15) is 0 Å². The molecule has 2 aromatic carbocycles. The highest BCUT2D eigenvalue weighted by Gasteiger charge is 2.06. The molecule has 0 heterocycles. The van der Waals surface area contributed by atoms with Gasteiger partial charge in [0.25, 0.3) is 0 Å². The van der Waals surface area contributed by atoms with Crippen LogP contribution in [0.25, 0.3) is 0 Å². The van der Waals surface area contributed by atoms with Crippen molar-refractivity contribution in [2.75, 3.05) is 22.8 Å². The Balaban J connectivity index is 1.94. The Kier molecular flexibility index (Phi) is 5.09. The molecule has 0 radical (unpaired) electrons. The van der Waals surface area contributed by atoms with E-state index in [1.54, 1.807) is 18.2 Å². The van der Waals surface area contributed by atoms with E-state index in [2.05, 4.69) is 22.2 Å². The fraction of sp³-hybridized carbons (Fsp3) is 0.200. The minimum atomic E-state index is -3.32. The zero-order valence-electron chi connectivity index (χ0n) is 11.6. The summed E-state index contributed by atoms with van der Waals surface area (Å²) in [5.41, 5.74) is 2.49. The van der Waals surface area contributed by atoms with E-state index >= 15 is 0 Å². The van der Waals surface area contributed by atoms with E-state index < -0.39 is 10.0 Å². The summed E-state index contributed by atoms with van der Waals surface area (Å²) >= 11 is 6.06. The van der Waals surface area contributed by atoms with Gasteiger partial charge in [-0.1, -0.05) is 41.9 Å². The van der Waals surface area contributed by atoms with Crippen molar-refractivity contribution in [1.82, 2.24) is 0 Å². The van der Waals surface area contributed by atoms with Gasteiger partial charge < -0.3 is 5.32 Å². The summed E-state index contributed by atoms with van der Waals surface area (Å²) in [5, 5.41) is 3.63. The third-order valence-electron chi connectivity index (χ3n) is 2.85. The Hall–Kier alpha value is -1.72. The number of nitrogens with one attached hydrogen (secondary N) is 2. The van der Waals surface area contributed by atoms with Gasteiger partial charge in [-0.25, -0.2) is 8.42 Å². The van der Waals surface area contributed by atoms with Crippen LogP contribution in [0.1, 0.15) is 5.56 Å². The first-order chi connectivity index (χ1) is 9.94. The van der Waals surface area contributed by atoms with E-state index in [1.165, 1.54) is 5.56 Å². The first-order valence-corrected chi connectivity index (χ1v) is 8.76. The van der Waals surface area contributed by atoms with Crippen molar-refractivity contribution in [3.63, 3.8) is 0 Å². The molecule has 0 atom stereocenters. The molecule has 0 saturated carbocycles. The molecule has 21 heavy (non-hydrogen) atoms. The Morgan fingerprint density at radius 2 is 1.81 bits per heavy atom. The number of rotatable bonds is 6. The van der Waals surface area contributed by atoms with Crippen molar-refractivity contribution in [2.45, 2.75) is 6.42 Å². The maximum Gasteiger partial charge on any atom is 0.229 e. The van der Waals surface area contributed by atoms with Crippen LogP contribution < -0.4 is 10.0 Å². The smallest absolute Gasteiger partial charge is 0.229 e. The second-order valence-electron chi connectivity index (χ2n) is 4.73. The fourth-order valence-electron chi connectivity index (χ4n) is 1.90. The number of halogens is 1. The Bertz CT molecular complexity index is 703. The molecular weight excluding hydrogens is 308 g/mol. The van der Waals surface area contributed by atoms with E-state index in [-0.39, 0.29) is 0 Å². The molecule has 2 N–H and O–H groups in total. The van der Waals surface area contributed by atoms with E-state index in [4.69, 9.17) is 11.6 Å². The molecule has 0 aliphatic rings. The highest BCUT2D eigenvalue weighted by molar-refractivity contribution is 7.92. The van der Waals surface area contributed by atoms with Crippen LogP contribution in [0.4, 0.5) is 11.4 Å². The molecule has 0 unspecified atom stereocenters. The van der Waals surface area contributed by atoms with Gasteiger partial charge in [0.1, 0.15) is 0 Å². The van der Waals surface area contributed by atoms with Gasteiger partial charge in [0, 0.05) is 12.2 Å². The number of hydrogen-bond donors (Lipinski definition) is 2. The molecule has 0 aliphatic heterocycles. The largest absolute Gasteiger partial charge is 0.385 e. The van der Waals surface area contributed by atoms with Gasteiger partial charge in [0.2, 0.25) is 10.0 Å². The van der Waals surface area contributed by atoms with Crippen LogP contribution in [0.2, 0.25) is 5.02 Å². The van der Waals surface area contributed by atoms with E-state index in [9.17, 15) is 8.42 Å². The minimum absolute atomic E-state index is 0.366. The molecule has 0 fully saturated rings. The summed E-state index contributed by atoms with van der Waals surface area (Å²) in [5.74, 6) is 0. The van der Waals surface area contributed by atoms with Crippen LogP contribution in [0.3, 0.4) is 0 Å². The molecule has 112 valence electrons. The lowest BCUT2D eigenvalue weighted by molar-refractivity contribution is 0.607. The summed E-state index contributed by atoms with van der Waals surface area (Å²) in [4.78, 5) is 0. The average Bonchev–Trinajstić information content (AvgIpc) is 2.42. The van der Waals surface area contributed by atoms with E-state index in [0.717, 1.165) is 24.9 Å². The first-order valence-electron chi connectivity index (χ1n) is 6.49. The van der Waals surface area contributed by atoms with Crippen molar-refractivity contribution in [3.05, 3.63) is 59.1 Å². The Morgan fingerprint density at radius 3 is 2.43 bits per heavy atom. The molecule has 0 aliphatic carbocycles. The average molecular weight is 325 g/mol. The maximum atomic E-state index is 11.2. The lowest BCUT2D eigenvalue weighted by Gasteiger charge is -2.10. The molecule has 6 heteroatoms. The summed E-state index contributed by atoms with van der Waals surface area (Å²) in [6, 6.07) is 15.3. The van der Waals surface area contributed by atoms with Crippen molar-refractivity contribution in [3.8, 4) is 0 Å². The summed E-state index contributed by atoms with van der Waals surface area (Å²) in [6.45, 7) is 0.777. The SMILES string of the molecule is CS(=O)(=O)Nc1ccc(NCCc2ccccc2)cc1Cl. The van der Waals surface area contributed by atoms with Crippen molar-refractivity contribution >= 4 is 33.0 Å². The van der Waals surface area contributed by atoms with Crippen LogP contribution in [-0.4, -0.2) is 21.2 Å². The molecule has 0 amide bonds. The highest BCUT2D eigenvalue weighted by atomic mass is 35.5. The number of sulfonamides is 1. The molecule has 0 saturated heterocycles. The molecule has 0 aromatic heterocycles. The molecule has 2 rings (SSSR count). The molecule has 0 bridgehead atoms. The van der Waals surface area contributed by atoms with Gasteiger partial charge in [-0.3, -0.25) is 4.72 Å². The Labute approximate surface area is 130 Å². The molecule has 0 spiro atoms. The quantitative estimate of drug-likeness (QED) is 0.856. The van der Waals surface area contributed by atoms with Crippen LogP contribution in [-0.2, 0) is 16.4 Å². The zero-order valence-corrected chi connectivity index (χ0v) is 13.2. The predicted octanol–water partition coefficient (Wildman–Crippen LogP) is 3.37.